The third-order valence-electron chi connectivity index (χ3n) is 8.04. The molecule has 1 amide bonds. The van der Waals surface area contributed by atoms with Crippen molar-refractivity contribution >= 4 is 35.1 Å². The van der Waals surface area contributed by atoms with Crippen molar-refractivity contribution < 1.29 is 23.2 Å². The summed E-state index contributed by atoms with van der Waals surface area (Å²) in [5.74, 6) is 0.695. The summed E-state index contributed by atoms with van der Waals surface area (Å²) in [6.45, 7) is 0.607. The van der Waals surface area contributed by atoms with Gasteiger partial charge >= 0.3 is 0 Å². The molecular formula is C25H27F2N7O3. The monoisotopic (exact) mass is 511 g/mol. The van der Waals surface area contributed by atoms with Crippen LogP contribution < -0.4 is 10.2 Å². The number of nitrogens with zero attached hydrogens (tertiary/aromatic N) is 6. The Balaban J connectivity index is 1.22. The molecule has 0 unspecified atom stereocenters. The van der Waals surface area contributed by atoms with Gasteiger partial charge in [-0.2, -0.15) is 10.2 Å². The summed E-state index contributed by atoms with van der Waals surface area (Å²) in [5.41, 5.74) is -0.0552. The highest BCUT2D eigenvalue weighted by molar-refractivity contribution is 6.08. The Hall–Kier alpha value is -3.70. The second-order valence-corrected chi connectivity index (χ2v) is 10.3. The number of carbonyl (C=O) groups is 3. The molecule has 0 spiro atoms. The highest BCUT2D eigenvalue weighted by Crippen LogP contribution is 2.38. The molecule has 37 heavy (non-hydrogen) atoms. The van der Waals surface area contributed by atoms with E-state index in [1.54, 1.807) is 12.3 Å². The normalized spacial score (nSPS) is 25.4. The van der Waals surface area contributed by atoms with Gasteiger partial charge in [0.1, 0.15) is 23.5 Å². The third kappa shape index (κ3) is 4.27. The van der Waals surface area contributed by atoms with Crippen molar-refractivity contribution in [2.45, 2.75) is 63.5 Å². The van der Waals surface area contributed by atoms with Crippen molar-refractivity contribution in [3.05, 3.63) is 35.9 Å². The molecule has 1 aliphatic heterocycles. The van der Waals surface area contributed by atoms with Crippen LogP contribution in [0, 0.1) is 11.8 Å². The standard InChI is InChI=1S/C25H27F2N7O3/c26-23(27)22-19(13-34(31-22)16-3-1-14(2-4-16)6-8-35)29-25(37)18-11-28-33-7-5-21(30-24(18)33)32-12-15-9-17(32)10-20(15)36/h5,7-8,11,13-17,23H,1-4,6,9-10,12H2,(H,29,37)/t14?,15-,16?,17-/m1/s1. The van der Waals surface area contributed by atoms with Crippen LogP contribution in [0.5, 0.6) is 0 Å². The van der Waals surface area contributed by atoms with Gasteiger partial charge in [0.15, 0.2) is 11.3 Å². The average Bonchev–Trinajstić information content (AvgIpc) is 3.66. The van der Waals surface area contributed by atoms with E-state index in [9.17, 15) is 23.2 Å². The van der Waals surface area contributed by atoms with E-state index < -0.39 is 18.0 Å². The minimum atomic E-state index is -2.86. The number of alkyl halides is 2. The number of rotatable bonds is 7. The van der Waals surface area contributed by atoms with Gasteiger partial charge in [0, 0.05) is 43.7 Å². The van der Waals surface area contributed by atoms with Crippen molar-refractivity contribution in [3.8, 4) is 0 Å². The van der Waals surface area contributed by atoms with Gasteiger partial charge in [0.05, 0.1) is 17.9 Å². The van der Waals surface area contributed by atoms with Crippen molar-refractivity contribution in [2.24, 2.45) is 11.8 Å². The van der Waals surface area contributed by atoms with Gasteiger partial charge in [0.2, 0.25) is 0 Å². The largest absolute Gasteiger partial charge is 0.352 e. The number of aldehydes is 1. The number of piperidine rings is 1. The molecule has 2 bridgehead atoms. The first-order valence-corrected chi connectivity index (χ1v) is 12.7. The van der Waals surface area contributed by atoms with E-state index in [-0.39, 0.29) is 35.0 Å². The molecule has 2 aliphatic carbocycles. The van der Waals surface area contributed by atoms with Crippen LogP contribution in [-0.4, -0.2) is 54.9 Å². The lowest BCUT2D eigenvalue weighted by atomic mass is 9.84. The molecule has 3 fully saturated rings. The van der Waals surface area contributed by atoms with Gasteiger partial charge in [-0.15, -0.1) is 0 Å². The highest BCUT2D eigenvalue weighted by Gasteiger charge is 2.44. The molecule has 2 saturated carbocycles. The van der Waals surface area contributed by atoms with Crippen LogP contribution in [0.2, 0.25) is 0 Å². The minimum Gasteiger partial charge on any atom is -0.352 e. The van der Waals surface area contributed by atoms with Crippen LogP contribution in [0.4, 0.5) is 20.3 Å². The van der Waals surface area contributed by atoms with Gasteiger partial charge < -0.3 is 15.0 Å². The summed E-state index contributed by atoms with van der Waals surface area (Å²) in [7, 11) is 0. The Morgan fingerprint density at radius 1 is 1.22 bits per heavy atom. The molecule has 194 valence electrons. The number of hydrogen-bond donors (Lipinski definition) is 1. The number of halogens is 2. The van der Waals surface area contributed by atoms with Crippen molar-refractivity contribution in [3.63, 3.8) is 0 Å². The molecule has 6 rings (SSSR count). The molecule has 3 aliphatic rings. The van der Waals surface area contributed by atoms with E-state index in [0.29, 0.717) is 36.8 Å². The number of carbonyl (C=O) groups excluding carboxylic acids is 3. The lowest BCUT2D eigenvalue weighted by Gasteiger charge is -2.27. The average molecular weight is 512 g/mol. The van der Waals surface area contributed by atoms with Gasteiger partial charge in [0.25, 0.3) is 12.3 Å². The number of amides is 1. The van der Waals surface area contributed by atoms with Crippen LogP contribution in [0.15, 0.2) is 24.7 Å². The molecular weight excluding hydrogens is 484 g/mol. The predicted octanol–water partition coefficient (Wildman–Crippen LogP) is 3.60. The molecule has 0 aromatic carbocycles. The Bertz CT molecular complexity index is 1360. The third-order valence-corrected chi connectivity index (χ3v) is 8.04. The van der Waals surface area contributed by atoms with E-state index in [1.807, 2.05) is 0 Å². The summed E-state index contributed by atoms with van der Waals surface area (Å²) in [4.78, 5) is 42.6. The Morgan fingerprint density at radius 2 is 2.03 bits per heavy atom. The predicted molar refractivity (Wildman–Crippen MR) is 129 cm³/mol. The fourth-order valence-electron chi connectivity index (χ4n) is 6.02. The van der Waals surface area contributed by atoms with E-state index in [4.69, 9.17) is 0 Å². The minimum absolute atomic E-state index is 0.0279. The molecule has 0 radical (unpaired) electrons. The topological polar surface area (TPSA) is 114 Å². The van der Waals surface area contributed by atoms with Crippen LogP contribution in [0.1, 0.15) is 73.5 Å². The first-order valence-electron chi connectivity index (χ1n) is 12.7. The Kier molecular flexibility index (Phi) is 5.96. The van der Waals surface area contributed by atoms with Crippen molar-refractivity contribution in [1.29, 1.82) is 0 Å². The number of fused-ring (bicyclic) bond motifs is 3. The van der Waals surface area contributed by atoms with Gasteiger partial charge in [-0.25, -0.2) is 18.3 Å². The maximum absolute atomic E-state index is 13.8. The number of anilines is 2. The van der Waals surface area contributed by atoms with Gasteiger partial charge in [-0.1, -0.05) is 0 Å². The first-order chi connectivity index (χ1) is 17.9. The Morgan fingerprint density at radius 3 is 2.70 bits per heavy atom. The zero-order chi connectivity index (χ0) is 25.7. The second-order valence-electron chi connectivity index (χ2n) is 10.3. The zero-order valence-corrected chi connectivity index (χ0v) is 20.1. The van der Waals surface area contributed by atoms with Crippen LogP contribution >= 0.6 is 0 Å². The van der Waals surface area contributed by atoms with Crippen molar-refractivity contribution in [2.75, 3.05) is 16.8 Å². The second kappa shape index (κ2) is 9.31. The maximum atomic E-state index is 13.8. The zero-order valence-electron chi connectivity index (χ0n) is 20.1. The van der Waals surface area contributed by atoms with E-state index in [0.717, 1.165) is 38.4 Å². The van der Waals surface area contributed by atoms with Gasteiger partial charge in [-0.3, -0.25) is 14.3 Å². The summed E-state index contributed by atoms with van der Waals surface area (Å²) < 4.78 is 30.6. The van der Waals surface area contributed by atoms with E-state index >= 15 is 0 Å². The van der Waals surface area contributed by atoms with E-state index in [1.165, 1.54) is 21.6 Å². The molecule has 12 heteroatoms. The van der Waals surface area contributed by atoms with Crippen LogP contribution in [-0.2, 0) is 9.59 Å². The SMILES string of the molecule is O=CCC1CCC(n2cc(NC(=O)c3cnn4ccc(N5C[C@H]6C[C@@H]5CC6=O)nc34)c(C(F)F)n2)CC1. The molecule has 3 aromatic heterocycles. The van der Waals surface area contributed by atoms with Crippen LogP contribution in [0.25, 0.3) is 5.65 Å². The smallest absolute Gasteiger partial charge is 0.284 e. The van der Waals surface area contributed by atoms with Gasteiger partial charge in [-0.05, 0) is 44.1 Å². The van der Waals surface area contributed by atoms with E-state index in [2.05, 4.69) is 25.4 Å². The fourth-order valence-corrected chi connectivity index (χ4v) is 6.02. The molecule has 1 saturated heterocycles. The highest BCUT2D eigenvalue weighted by atomic mass is 19.3. The molecule has 4 heterocycles. The number of hydrogen-bond acceptors (Lipinski definition) is 7. The summed E-state index contributed by atoms with van der Waals surface area (Å²) in [6, 6.07) is 1.85. The number of aromatic nitrogens is 5. The lowest BCUT2D eigenvalue weighted by molar-refractivity contribution is -0.121. The lowest BCUT2D eigenvalue weighted by Crippen LogP contribution is -2.36. The summed E-state index contributed by atoms with van der Waals surface area (Å²) in [6.07, 6.45) is 7.57. The molecule has 1 N–H and O–H groups in total. The van der Waals surface area contributed by atoms with Crippen LogP contribution in [0.3, 0.4) is 0 Å². The quantitative estimate of drug-likeness (QED) is 0.482. The maximum Gasteiger partial charge on any atom is 0.284 e. The molecule has 2 atom stereocenters. The Labute approximate surface area is 211 Å². The number of Topliss-reactive ketones (excluding diaryl/α,β-unsaturated/α-hetero) is 1. The van der Waals surface area contributed by atoms with Crippen molar-refractivity contribution in [1.82, 2.24) is 24.4 Å². The first kappa shape index (κ1) is 23.7. The summed E-state index contributed by atoms with van der Waals surface area (Å²) in [5, 5.41) is 10.9. The summed E-state index contributed by atoms with van der Waals surface area (Å²) >= 11 is 0. The number of nitrogens with one attached hydrogen (secondary N) is 1. The molecule has 10 nitrogen and oxygen atoms in total. The fraction of sp³-hybridized carbons (Fsp3) is 0.520. The number of ketones is 1. The molecule has 3 aromatic rings.